The van der Waals surface area contributed by atoms with Gasteiger partial charge in [-0.1, -0.05) is 0 Å². The number of rotatable bonds is 6. The zero-order valence-electron chi connectivity index (χ0n) is 10.1. The van der Waals surface area contributed by atoms with Crippen LogP contribution in [0.2, 0.25) is 0 Å². The molecule has 19 heavy (non-hydrogen) atoms. The smallest absolute Gasteiger partial charge is 0.326 e. The molecule has 0 radical (unpaired) electrons. The van der Waals surface area contributed by atoms with E-state index in [1.54, 1.807) is 6.07 Å². The highest BCUT2D eigenvalue weighted by Gasteiger charge is 2.21. The van der Waals surface area contributed by atoms with Crippen molar-refractivity contribution in [2.45, 2.75) is 12.5 Å². The van der Waals surface area contributed by atoms with E-state index in [1.807, 2.05) is 0 Å². The molecule has 1 rings (SSSR count). The van der Waals surface area contributed by atoms with E-state index in [4.69, 9.17) is 15.1 Å². The molecule has 0 bridgehead atoms. The van der Waals surface area contributed by atoms with Crippen LogP contribution in [0.25, 0.3) is 0 Å². The molecule has 102 valence electrons. The monoisotopic (exact) mass is 270 g/mol. The van der Waals surface area contributed by atoms with Crippen LogP contribution in [0.15, 0.2) is 12.1 Å². The highest BCUT2D eigenvalue weighted by Crippen LogP contribution is 2.22. The van der Waals surface area contributed by atoms with Crippen molar-refractivity contribution in [2.75, 3.05) is 19.0 Å². The number of benzene rings is 1. The summed E-state index contributed by atoms with van der Waals surface area (Å²) in [4.78, 5) is 10.9. The summed E-state index contributed by atoms with van der Waals surface area (Å²) in [5, 5.41) is 19.7. The number of methoxy groups -OCH3 is 1. The molecule has 0 saturated heterocycles. The van der Waals surface area contributed by atoms with Gasteiger partial charge in [0.05, 0.1) is 11.6 Å². The molecule has 0 saturated carbocycles. The highest BCUT2D eigenvalue weighted by molar-refractivity contribution is 5.77. The Balaban J connectivity index is 2.97. The SMILES string of the molecule is COCCC(Nc1c(F)cc(C#N)cc1F)C(=O)O. The van der Waals surface area contributed by atoms with Gasteiger partial charge in [0.2, 0.25) is 0 Å². The molecule has 1 unspecified atom stereocenters. The molecule has 1 aromatic rings. The Morgan fingerprint density at radius 2 is 2.11 bits per heavy atom. The second kappa shape index (κ2) is 6.66. The molecule has 1 atom stereocenters. The van der Waals surface area contributed by atoms with Crippen molar-refractivity contribution in [3.63, 3.8) is 0 Å². The molecule has 0 heterocycles. The van der Waals surface area contributed by atoms with Gasteiger partial charge in [-0.05, 0) is 12.1 Å². The zero-order chi connectivity index (χ0) is 14.4. The topological polar surface area (TPSA) is 82.3 Å². The van der Waals surface area contributed by atoms with E-state index in [0.29, 0.717) is 0 Å². The lowest BCUT2D eigenvalue weighted by atomic mass is 10.1. The van der Waals surface area contributed by atoms with Gasteiger partial charge in [-0.15, -0.1) is 0 Å². The first-order valence-corrected chi connectivity index (χ1v) is 5.37. The second-order valence-corrected chi connectivity index (χ2v) is 3.74. The normalized spacial score (nSPS) is 11.7. The third kappa shape index (κ3) is 3.89. The van der Waals surface area contributed by atoms with Gasteiger partial charge in [0.1, 0.15) is 11.7 Å². The average molecular weight is 270 g/mol. The van der Waals surface area contributed by atoms with E-state index in [0.717, 1.165) is 12.1 Å². The maximum atomic E-state index is 13.6. The van der Waals surface area contributed by atoms with E-state index in [2.05, 4.69) is 5.32 Å². The lowest BCUT2D eigenvalue weighted by Gasteiger charge is -2.16. The molecular formula is C12H12F2N2O3. The first-order valence-electron chi connectivity index (χ1n) is 5.37. The predicted octanol–water partition coefficient (Wildman–Crippen LogP) is 1.74. The Labute approximate surface area is 108 Å². The molecule has 0 amide bonds. The fraction of sp³-hybridized carbons (Fsp3) is 0.333. The van der Waals surface area contributed by atoms with Gasteiger partial charge < -0.3 is 15.2 Å². The number of carboxylic acids is 1. The van der Waals surface area contributed by atoms with Crippen molar-refractivity contribution in [1.82, 2.24) is 0 Å². The van der Waals surface area contributed by atoms with Crippen molar-refractivity contribution in [1.29, 1.82) is 5.26 Å². The number of hydrogen-bond donors (Lipinski definition) is 2. The number of anilines is 1. The quantitative estimate of drug-likeness (QED) is 0.822. The highest BCUT2D eigenvalue weighted by atomic mass is 19.1. The van der Waals surface area contributed by atoms with E-state index < -0.39 is 29.3 Å². The van der Waals surface area contributed by atoms with Crippen molar-refractivity contribution in [3.05, 3.63) is 29.3 Å². The Morgan fingerprint density at radius 3 is 2.53 bits per heavy atom. The van der Waals surface area contributed by atoms with Gasteiger partial charge in [0.15, 0.2) is 11.6 Å². The molecule has 0 spiro atoms. The van der Waals surface area contributed by atoms with Crippen LogP contribution >= 0.6 is 0 Å². The third-order valence-corrected chi connectivity index (χ3v) is 2.40. The summed E-state index contributed by atoms with van der Waals surface area (Å²) in [6, 6.07) is 2.09. The van der Waals surface area contributed by atoms with Crippen LogP contribution in [0.1, 0.15) is 12.0 Å². The van der Waals surface area contributed by atoms with Gasteiger partial charge in [-0.3, -0.25) is 0 Å². The average Bonchev–Trinajstić information content (AvgIpc) is 2.36. The minimum absolute atomic E-state index is 0.0463. The van der Waals surface area contributed by atoms with Gasteiger partial charge in [0.25, 0.3) is 0 Å². The van der Waals surface area contributed by atoms with E-state index in [1.165, 1.54) is 7.11 Å². The van der Waals surface area contributed by atoms with Crippen LogP contribution in [-0.4, -0.2) is 30.8 Å². The van der Waals surface area contributed by atoms with Gasteiger partial charge in [-0.25, -0.2) is 13.6 Å². The van der Waals surface area contributed by atoms with Crippen LogP contribution in [0, 0.1) is 23.0 Å². The first-order chi connectivity index (χ1) is 8.99. The van der Waals surface area contributed by atoms with Crippen molar-refractivity contribution >= 4 is 11.7 Å². The predicted molar refractivity (Wildman–Crippen MR) is 62.6 cm³/mol. The largest absolute Gasteiger partial charge is 0.480 e. The summed E-state index contributed by atoms with van der Waals surface area (Å²) < 4.78 is 31.9. The summed E-state index contributed by atoms with van der Waals surface area (Å²) in [5.74, 6) is -3.28. The molecule has 0 aliphatic heterocycles. The number of ether oxygens (including phenoxy) is 1. The summed E-state index contributed by atoms with van der Waals surface area (Å²) >= 11 is 0. The fourth-order valence-electron chi connectivity index (χ4n) is 1.44. The van der Waals surface area contributed by atoms with E-state index in [-0.39, 0.29) is 18.6 Å². The molecule has 0 fully saturated rings. The van der Waals surface area contributed by atoms with Crippen LogP contribution < -0.4 is 5.32 Å². The molecule has 0 aromatic heterocycles. The number of hydrogen-bond acceptors (Lipinski definition) is 4. The number of aliphatic carboxylic acids is 1. The molecule has 0 aliphatic rings. The lowest BCUT2D eigenvalue weighted by Crippen LogP contribution is -2.31. The maximum absolute atomic E-state index is 13.6. The Bertz CT molecular complexity index is 491. The number of carbonyl (C=O) groups is 1. The van der Waals surface area contributed by atoms with Gasteiger partial charge in [-0.2, -0.15) is 5.26 Å². The minimum Gasteiger partial charge on any atom is -0.480 e. The fourth-order valence-corrected chi connectivity index (χ4v) is 1.44. The number of halogens is 2. The van der Waals surface area contributed by atoms with Crippen molar-refractivity contribution in [2.24, 2.45) is 0 Å². The Morgan fingerprint density at radius 1 is 1.53 bits per heavy atom. The summed E-state index contributed by atoms with van der Waals surface area (Å²) in [7, 11) is 1.39. The van der Waals surface area contributed by atoms with Crippen molar-refractivity contribution in [3.8, 4) is 6.07 Å². The molecule has 0 aliphatic carbocycles. The summed E-state index contributed by atoms with van der Waals surface area (Å²) in [6.07, 6.45) is 0.0463. The molecule has 5 nitrogen and oxygen atoms in total. The first kappa shape index (κ1) is 14.9. The van der Waals surface area contributed by atoms with Crippen LogP contribution in [0.5, 0.6) is 0 Å². The van der Waals surface area contributed by atoms with E-state index in [9.17, 15) is 13.6 Å². The molecule has 1 aromatic carbocycles. The maximum Gasteiger partial charge on any atom is 0.326 e. The third-order valence-electron chi connectivity index (χ3n) is 2.40. The zero-order valence-corrected chi connectivity index (χ0v) is 10.1. The molecule has 7 heteroatoms. The number of nitriles is 1. The molecule has 2 N–H and O–H groups in total. The standard InChI is InChI=1S/C12H12F2N2O3/c1-19-3-2-10(12(17)18)16-11-8(13)4-7(6-15)5-9(11)14/h4-5,10,16H,2-3H2,1H3,(H,17,18). The van der Waals surface area contributed by atoms with Crippen LogP contribution in [0.3, 0.4) is 0 Å². The van der Waals surface area contributed by atoms with Gasteiger partial charge >= 0.3 is 5.97 Å². The van der Waals surface area contributed by atoms with Crippen LogP contribution in [-0.2, 0) is 9.53 Å². The lowest BCUT2D eigenvalue weighted by molar-refractivity contribution is -0.138. The van der Waals surface area contributed by atoms with Gasteiger partial charge in [0, 0.05) is 20.1 Å². The Hall–Kier alpha value is -2.20. The van der Waals surface area contributed by atoms with Crippen molar-refractivity contribution < 1.29 is 23.4 Å². The minimum atomic E-state index is -1.25. The molecular weight excluding hydrogens is 258 g/mol. The summed E-state index contributed by atoms with van der Waals surface area (Å²) in [6.45, 7) is 0.128. The van der Waals surface area contributed by atoms with E-state index >= 15 is 0 Å². The second-order valence-electron chi connectivity index (χ2n) is 3.74. The number of nitrogens with zero attached hydrogens (tertiary/aromatic N) is 1. The van der Waals surface area contributed by atoms with Crippen LogP contribution in [0.4, 0.5) is 14.5 Å². The summed E-state index contributed by atoms with van der Waals surface area (Å²) in [5.41, 5.74) is -0.744. The number of carboxylic acid groups (broad SMARTS) is 1. The Kier molecular flexibility index (Phi) is 5.21. The number of nitrogens with one attached hydrogen (secondary N) is 1.